The van der Waals surface area contributed by atoms with Gasteiger partial charge in [-0.3, -0.25) is 4.79 Å². The number of rotatable bonds is 10. The number of alkyl carbamates (subject to hydrolysis) is 1. The fourth-order valence-corrected chi connectivity index (χ4v) is 4.37. The van der Waals surface area contributed by atoms with Gasteiger partial charge in [-0.05, 0) is 41.5 Å². The molecule has 1 saturated heterocycles. The summed E-state index contributed by atoms with van der Waals surface area (Å²) in [7, 11) is 0. The zero-order valence-corrected chi connectivity index (χ0v) is 22.4. The van der Waals surface area contributed by atoms with Gasteiger partial charge in [0, 0.05) is 30.6 Å². The number of amides is 2. The number of likely N-dealkylation sites (tertiary alicyclic amines) is 1. The van der Waals surface area contributed by atoms with Crippen molar-refractivity contribution in [2.24, 2.45) is 5.92 Å². The molecule has 4 aromatic rings. The van der Waals surface area contributed by atoms with Gasteiger partial charge in [-0.25, -0.2) is 19.6 Å². The van der Waals surface area contributed by atoms with Crippen molar-refractivity contribution in [2.75, 3.05) is 13.1 Å². The van der Waals surface area contributed by atoms with Crippen molar-refractivity contribution in [1.29, 1.82) is 0 Å². The molecule has 0 aliphatic carbocycles. The molecule has 1 atom stereocenters. The van der Waals surface area contributed by atoms with Gasteiger partial charge in [0.2, 0.25) is 5.91 Å². The molecule has 0 bridgehead atoms. The van der Waals surface area contributed by atoms with Crippen molar-refractivity contribution < 1.29 is 23.9 Å². The van der Waals surface area contributed by atoms with Gasteiger partial charge in [0.15, 0.2) is 5.65 Å². The largest absolute Gasteiger partial charge is 0.459 e. The number of ether oxygens (including phenoxy) is 2. The molecule has 1 aliphatic rings. The van der Waals surface area contributed by atoms with Crippen LogP contribution in [-0.2, 0) is 32.3 Å². The van der Waals surface area contributed by atoms with Gasteiger partial charge in [0.05, 0.1) is 12.1 Å². The van der Waals surface area contributed by atoms with E-state index >= 15 is 0 Å². The standard InChI is InChI=1S/C32H30N4O5/c37-29(36-19-25(20-36)13-15-27-16-14-26-12-7-17-33-30(26)34-27)18-28(31(38)40-21-23-8-3-1-4-9-23)35-32(39)41-22-24-10-5-2-6-11-24/h1-17,25,28H,18-22H2,(H,35,39). The topological polar surface area (TPSA) is 111 Å². The molecule has 5 rings (SSSR count). The summed E-state index contributed by atoms with van der Waals surface area (Å²) in [6.07, 6.45) is 4.62. The van der Waals surface area contributed by atoms with Crippen LogP contribution in [0.15, 0.2) is 97.2 Å². The maximum atomic E-state index is 13.0. The molecular weight excluding hydrogens is 520 g/mol. The Labute approximate surface area is 237 Å². The molecule has 208 valence electrons. The molecule has 0 spiro atoms. The van der Waals surface area contributed by atoms with Crippen LogP contribution in [0.1, 0.15) is 23.2 Å². The Morgan fingerprint density at radius 3 is 2.27 bits per heavy atom. The Morgan fingerprint density at radius 1 is 0.878 bits per heavy atom. The third-order valence-electron chi connectivity index (χ3n) is 6.68. The fraction of sp³-hybridized carbons (Fsp3) is 0.219. The molecule has 1 fully saturated rings. The van der Waals surface area contributed by atoms with Gasteiger partial charge < -0.3 is 19.7 Å². The number of hydrogen-bond acceptors (Lipinski definition) is 7. The highest BCUT2D eigenvalue weighted by Crippen LogP contribution is 2.20. The van der Waals surface area contributed by atoms with Crippen molar-refractivity contribution in [3.8, 4) is 0 Å². The fourth-order valence-electron chi connectivity index (χ4n) is 4.37. The quantitative estimate of drug-likeness (QED) is 0.289. The van der Waals surface area contributed by atoms with E-state index in [0.29, 0.717) is 18.7 Å². The van der Waals surface area contributed by atoms with Crippen LogP contribution in [0, 0.1) is 5.92 Å². The lowest BCUT2D eigenvalue weighted by Crippen LogP contribution is -2.52. The molecular formula is C32H30N4O5. The zero-order chi connectivity index (χ0) is 28.4. The highest BCUT2D eigenvalue weighted by Gasteiger charge is 2.33. The number of carbonyl (C=O) groups is 3. The number of esters is 1. The summed E-state index contributed by atoms with van der Waals surface area (Å²) in [5.74, 6) is -0.799. The first-order valence-corrected chi connectivity index (χ1v) is 13.4. The van der Waals surface area contributed by atoms with Gasteiger partial charge in [-0.2, -0.15) is 0 Å². The second-order valence-electron chi connectivity index (χ2n) is 9.76. The van der Waals surface area contributed by atoms with E-state index in [1.165, 1.54) is 0 Å². The van der Waals surface area contributed by atoms with Crippen LogP contribution in [0.4, 0.5) is 4.79 Å². The molecule has 0 radical (unpaired) electrons. The molecule has 9 nitrogen and oxygen atoms in total. The minimum Gasteiger partial charge on any atom is -0.459 e. The van der Waals surface area contributed by atoms with Gasteiger partial charge in [-0.1, -0.05) is 66.7 Å². The third-order valence-corrected chi connectivity index (χ3v) is 6.68. The van der Waals surface area contributed by atoms with E-state index in [4.69, 9.17) is 9.47 Å². The molecule has 1 unspecified atom stereocenters. The van der Waals surface area contributed by atoms with Crippen LogP contribution in [0.25, 0.3) is 17.1 Å². The summed E-state index contributed by atoms with van der Waals surface area (Å²) in [5, 5.41) is 3.49. The summed E-state index contributed by atoms with van der Waals surface area (Å²) in [4.78, 5) is 48.9. The number of carbonyl (C=O) groups excluding carboxylic acids is 3. The highest BCUT2D eigenvalue weighted by atomic mass is 16.6. The van der Waals surface area contributed by atoms with E-state index in [1.54, 1.807) is 11.1 Å². The lowest BCUT2D eigenvalue weighted by Gasteiger charge is -2.38. The van der Waals surface area contributed by atoms with Crippen LogP contribution in [0.2, 0.25) is 0 Å². The summed E-state index contributed by atoms with van der Waals surface area (Å²) in [6.45, 7) is 1.07. The van der Waals surface area contributed by atoms with Crippen LogP contribution in [0.5, 0.6) is 0 Å². The average molecular weight is 551 g/mol. The molecule has 2 aromatic heterocycles. The normalized spacial score (nSPS) is 13.9. The van der Waals surface area contributed by atoms with E-state index in [1.807, 2.05) is 97.1 Å². The van der Waals surface area contributed by atoms with E-state index < -0.39 is 18.1 Å². The summed E-state index contributed by atoms with van der Waals surface area (Å²) in [6, 6.07) is 24.9. The first-order chi connectivity index (χ1) is 20.0. The SMILES string of the molecule is O=C(NC(CC(=O)N1CC(C=Cc2ccc3cccnc3n2)C1)C(=O)OCc1ccccc1)OCc1ccccc1. The first kappa shape index (κ1) is 27.5. The molecule has 1 aliphatic heterocycles. The van der Waals surface area contributed by atoms with Crippen molar-refractivity contribution in [3.05, 3.63) is 114 Å². The second kappa shape index (κ2) is 13.3. The monoisotopic (exact) mass is 550 g/mol. The number of hydrogen-bond donors (Lipinski definition) is 1. The van der Waals surface area contributed by atoms with Crippen molar-refractivity contribution in [1.82, 2.24) is 20.2 Å². The molecule has 0 saturated carbocycles. The Bertz CT molecular complexity index is 1520. The maximum absolute atomic E-state index is 13.0. The van der Waals surface area contributed by atoms with Crippen molar-refractivity contribution >= 4 is 35.1 Å². The van der Waals surface area contributed by atoms with Crippen molar-refractivity contribution in [2.45, 2.75) is 25.7 Å². The van der Waals surface area contributed by atoms with Gasteiger partial charge in [0.1, 0.15) is 19.3 Å². The first-order valence-electron chi connectivity index (χ1n) is 13.4. The maximum Gasteiger partial charge on any atom is 0.408 e. The molecule has 41 heavy (non-hydrogen) atoms. The lowest BCUT2D eigenvalue weighted by atomic mass is 9.98. The molecule has 9 heteroatoms. The van der Waals surface area contributed by atoms with E-state index in [-0.39, 0.29) is 31.5 Å². The number of benzene rings is 2. The van der Waals surface area contributed by atoms with Gasteiger partial charge >= 0.3 is 12.1 Å². The predicted octanol–water partition coefficient (Wildman–Crippen LogP) is 4.53. The Hall–Kier alpha value is -5.05. The van der Waals surface area contributed by atoms with Crippen LogP contribution < -0.4 is 5.32 Å². The van der Waals surface area contributed by atoms with Crippen molar-refractivity contribution in [3.63, 3.8) is 0 Å². The minimum absolute atomic E-state index is 0.0278. The Balaban J connectivity index is 1.15. The zero-order valence-electron chi connectivity index (χ0n) is 22.4. The van der Waals surface area contributed by atoms with E-state index in [0.717, 1.165) is 22.2 Å². The van der Waals surface area contributed by atoms with Gasteiger partial charge in [0.25, 0.3) is 0 Å². The number of fused-ring (bicyclic) bond motifs is 1. The molecule has 2 amide bonds. The summed E-state index contributed by atoms with van der Waals surface area (Å²) in [5.41, 5.74) is 3.07. The summed E-state index contributed by atoms with van der Waals surface area (Å²) < 4.78 is 10.7. The van der Waals surface area contributed by atoms with E-state index in [9.17, 15) is 14.4 Å². The number of aromatic nitrogens is 2. The Kier molecular flexibility index (Phi) is 8.95. The Morgan fingerprint density at radius 2 is 1.56 bits per heavy atom. The lowest BCUT2D eigenvalue weighted by molar-refractivity contribution is -0.151. The average Bonchev–Trinajstić information content (AvgIpc) is 2.98. The minimum atomic E-state index is -1.18. The van der Waals surface area contributed by atoms with Crippen LogP contribution >= 0.6 is 0 Å². The smallest absolute Gasteiger partial charge is 0.408 e. The van der Waals surface area contributed by atoms with Crippen LogP contribution in [0.3, 0.4) is 0 Å². The molecule has 3 heterocycles. The summed E-state index contributed by atoms with van der Waals surface area (Å²) >= 11 is 0. The third kappa shape index (κ3) is 7.76. The predicted molar refractivity (Wildman–Crippen MR) is 153 cm³/mol. The van der Waals surface area contributed by atoms with E-state index in [2.05, 4.69) is 15.3 Å². The molecule has 1 N–H and O–H groups in total. The molecule has 2 aromatic carbocycles. The second-order valence-corrected chi connectivity index (χ2v) is 9.76. The number of nitrogens with one attached hydrogen (secondary N) is 1. The highest BCUT2D eigenvalue weighted by molar-refractivity contribution is 5.88. The number of pyridine rings is 2. The van der Waals surface area contributed by atoms with Crippen LogP contribution in [-0.4, -0.2) is 52.0 Å². The number of nitrogens with zero attached hydrogens (tertiary/aromatic N) is 3. The van der Waals surface area contributed by atoms with Gasteiger partial charge in [-0.15, -0.1) is 0 Å².